The topological polar surface area (TPSA) is 31.2 Å². The van der Waals surface area contributed by atoms with Gasteiger partial charge >= 0.3 is 5.97 Å². The number of hydrogen-bond acceptors (Lipinski definition) is 2. The van der Waals surface area contributed by atoms with Gasteiger partial charge in [-0.3, -0.25) is 0 Å². The molecule has 1 aromatic heterocycles. The third-order valence-electron chi connectivity index (χ3n) is 4.96. The minimum absolute atomic E-state index is 0.244. The first-order valence-electron chi connectivity index (χ1n) is 9.19. The van der Waals surface area contributed by atoms with E-state index in [1.807, 2.05) is 43.3 Å². The highest BCUT2D eigenvalue weighted by Crippen LogP contribution is 2.36. The van der Waals surface area contributed by atoms with Crippen molar-refractivity contribution in [2.24, 2.45) is 5.92 Å². The summed E-state index contributed by atoms with van der Waals surface area (Å²) in [6, 6.07) is 16.1. The van der Waals surface area contributed by atoms with E-state index in [1.54, 1.807) is 0 Å². The van der Waals surface area contributed by atoms with Gasteiger partial charge in [-0.25, -0.2) is 4.79 Å². The number of rotatable bonds is 6. The summed E-state index contributed by atoms with van der Waals surface area (Å²) < 4.78 is 7.57. The van der Waals surface area contributed by atoms with Crippen LogP contribution in [-0.2, 0) is 17.7 Å². The minimum Gasteiger partial charge on any atom is -0.461 e. The Morgan fingerprint density at radius 2 is 1.96 bits per heavy atom. The summed E-state index contributed by atoms with van der Waals surface area (Å²) in [5, 5.41) is 1.73. The van der Waals surface area contributed by atoms with Gasteiger partial charge in [0.25, 0.3) is 0 Å². The van der Waals surface area contributed by atoms with Crippen molar-refractivity contribution in [2.45, 2.75) is 32.7 Å². The van der Waals surface area contributed by atoms with Crippen molar-refractivity contribution >= 4 is 28.5 Å². The average Bonchev–Trinajstić information content (AvgIpc) is 3.40. The summed E-state index contributed by atoms with van der Waals surface area (Å²) in [7, 11) is 0. The number of halogens is 1. The van der Waals surface area contributed by atoms with Crippen molar-refractivity contribution in [3.63, 3.8) is 0 Å². The molecule has 1 heterocycles. The molecule has 0 saturated heterocycles. The van der Waals surface area contributed by atoms with Gasteiger partial charge in [-0.2, -0.15) is 0 Å². The highest BCUT2D eigenvalue weighted by Gasteiger charge is 2.29. The lowest BCUT2D eigenvalue weighted by Gasteiger charge is -2.11. The number of carbonyl (C=O) groups is 1. The van der Waals surface area contributed by atoms with E-state index < -0.39 is 0 Å². The van der Waals surface area contributed by atoms with Crippen LogP contribution >= 0.6 is 11.6 Å². The monoisotopic (exact) mass is 367 g/mol. The smallest absolute Gasteiger partial charge is 0.355 e. The van der Waals surface area contributed by atoms with Crippen LogP contribution in [0.2, 0.25) is 5.02 Å². The SMILES string of the molecule is CCOC(=O)c1c(Cc2ccccc2)c2cc(Cl)ccc2n1CC1CC1. The molecular weight excluding hydrogens is 346 g/mol. The van der Waals surface area contributed by atoms with E-state index in [-0.39, 0.29) is 5.97 Å². The number of carbonyl (C=O) groups excluding carboxylic acids is 1. The van der Waals surface area contributed by atoms with Gasteiger partial charge in [0, 0.05) is 28.9 Å². The van der Waals surface area contributed by atoms with Crippen LogP contribution in [0.5, 0.6) is 0 Å². The molecule has 0 radical (unpaired) electrons. The molecule has 0 aliphatic heterocycles. The number of hydrogen-bond donors (Lipinski definition) is 0. The Bertz CT molecular complexity index is 942. The zero-order valence-electron chi connectivity index (χ0n) is 14.9. The van der Waals surface area contributed by atoms with Crippen molar-refractivity contribution in [1.29, 1.82) is 0 Å². The molecule has 4 rings (SSSR count). The molecule has 26 heavy (non-hydrogen) atoms. The summed E-state index contributed by atoms with van der Waals surface area (Å²) >= 11 is 6.29. The predicted octanol–water partition coefficient (Wildman–Crippen LogP) is 5.47. The van der Waals surface area contributed by atoms with Gasteiger partial charge in [0.1, 0.15) is 5.69 Å². The number of nitrogens with zero attached hydrogens (tertiary/aromatic N) is 1. The van der Waals surface area contributed by atoms with Gasteiger partial charge < -0.3 is 9.30 Å². The molecule has 3 aromatic rings. The second kappa shape index (κ2) is 7.16. The van der Waals surface area contributed by atoms with Crippen LogP contribution in [0.15, 0.2) is 48.5 Å². The quantitative estimate of drug-likeness (QED) is 0.541. The summed E-state index contributed by atoms with van der Waals surface area (Å²) in [5.41, 5.74) is 3.92. The first-order chi connectivity index (χ1) is 12.7. The average molecular weight is 368 g/mol. The maximum atomic E-state index is 12.9. The number of benzene rings is 2. The zero-order chi connectivity index (χ0) is 18.1. The fourth-order valence-corrected chi connectivity index (χ4v) is 3.73. The normalized spacial score (nSPS) is 13.9. The zero-order valence-corrected chi connectivity index (χ0v) is 15.6. The van der Waals surface area contributed by atoms with Crippen LogP contribution in [-0.4, -0.2) is 17.1 Å². The second-order valence-electron chi connectivity index (χ2n) is 6.93. The minimum atomic E-state index is -0.244. The van der Waals surface area contributed by atoms with Crippen molar-refractivity contribution in [2.75, 3.05) is 6.61 Å². The van der Waals surface area contributed by atoms with Crippen molar-refractivity contribution in [3.05, 3.63) is 70.4 Å². The molecule has 1 aliphatic rings. The van der Waals surface area contributed by atoms with E-state index in [1.165, 1.54) is 18.4 Å². The molecule has 0 spiro atoms. The Balaban J connectivity index is 1.91. The molecule has 0 N–H and O–H groups in total. The summed E-state index contributed by atoms with van der Waals surface area (Å²) in [6.07, 6.45) is 3.14. The molecule has 1 aliphatic carbocycles. The first kappa shape index (κ1) is 17.2. The second-order valence-corrected chi connectivity index (χ2v) is 7.36. The summed E-state index contributed by atoms with van der Waals surface area (Å²) in [5.74, 6) is 0.408. The predicted molar refractivity (Wildman–Crippen MR) is 105 cm³/mol. The fraction of sp³-hybridized carbons (Fsp3) is 0.318. The van der Waals surface area contributed by atoms with Crippen LogP contribution in [0.4, 0.5) is 0 Å². The van der Waals surface area contributed by atoms with Crippen LogP contribution in [0, 0.1) is 5.92 Å². The molecule has 0 bridgehead atoms. The Hall–Kier alpha value is -2.26. The molecule has 1 saturated carbocycles. The maximum Gasteiger partial charge on any atom is 0.355 e. The molecule has 1 fully saturated rings. The Kier molecular flexibility index (Phi) is 4.73. The van der Waals surface area contributed by atoms with E-state index in [4.69, 9.17) is 16.3 Å². The highest BCUT2D eigenvalue weighted by atomic mass is 35.5. The summed E-state index contributed by atoms with van der Waals surface area (Å²) in [4.78, 5) is 12.9. The number of ether oxygens (including phenoxy) is 1. The van der Waals surface area contributed by atoms with Gasteiger partial charge in [0.05, 0.1) is 6.61 Å². The Morgan fingerprint density at radius 3 is 2.65 bits per heavy atom. The third-order valence-corrected chi connectivity index (χ3v) is 5.20. The largest absolute Gasteiger partial charge is 0.461 e. The Morgan fingerprint density at radius 1 is 1.19 bits per heavy atom. The number of esters is 1. The van der Waals surface area contributed by atoms with Crippen LogP contribution in [0.3, 0.4) is 0 Å². The van der Waals surface area contributed by atoms with Gasteiger partial charge in [-0.05, 0) is 55.0 Å². The molecule has 0 amide bonds. The number of aromatic nitrogens is 1. The Labute approximate surface area is 158 Å². The summed E-state index contributed by atoms with van der Waals surface area (Å²) in [6.45, 7) is 3.08. The molecule has 0 atom stereocenters. The number of fused-ring (bicyclic) bond motifs is 1. The molecule has 4 heteroatoms. The molecule has 134 valence electrons. The van der Waals surface area contributed by atoms with Crippen LogP contribution < -0.4 is 0 Å². The maximum absolute atomic E-state index is 12.9. The van der Waals surface area contributed by atoms with E-state index >= 15 is 0 Å². The van der Waals surface area contributed by atoms with Crippen molar-refractivity contribution in [1.82, 2.24) is 4.57 Å². The first-order valence-corrected chi connectivity index (χ1v) is 9.56. The van der Waals surface area contributed by atoms with E-state index in [9.17, 15) is 4.79 Å². The standard InChI is InChI=1S/C22H22ClNO2/c1-2-26-22(25)21-19(12-15-6-4-3-5-7-15)18-13-17(23)10-11-20(18)24(21)14-16-8-9-16/h3-7,10-11,13,16H,2,8-9,12,14H2,1H3. The molecule has 2 aromatic carbocycles. The van der Waals surface area contributed by atoms with E-state index in [2.05, 4.69) is 16.7 Å². The fourth-order valence-electron chi connectivity index (χ4n) is 3.56. The van der Waals surface area contributed by atoms with Gasteiger partial charge in [-0.15, -0.1) is 0 Å². The van der Waals surface area contributed by atoms with E-state index in [0.29, 0.717) is 29.7 Å². The third kappa shape index (κ3) is 3.36. The van der Waals surface area contributed by atoms with Crippen molar-refractivity contribution in [3.8, 4) is 0 Å². The van der Waals surface area contributed by atoms with E-state index in [0.717, 1.165) is 23.0 Å². The lowest BCUT2D eigenvalue weighted by Crippen LogP contribution is -2.15. The lowest BCUT2D eigenvalue weighted by molar-refractivity contribution is 0.0513. The highest BCUT2D eigenvalue weighted by molar-refractivity contribution is 6.31. The van der Waals surface area contributed by atoms with Crippen LogP contribution in [0.1, 0.15) is 41.4 Å². The molecule has 3 nitrogen and oxygen atoms in total. The van der Waals surface area contributed by atoms with Gasteiger partial charge in [0.15, 0.2) is 0 Å². The molecular formula is C22H22ClNO2. The molecule has 0 unspecified atom stereocenters. The van der Waals surface area contributed by atoms with Crippen LogP contribution in [0.25, 0.3) is 10.9 Å². The van der Waals surface area contributed by atoms with Gasteiger partial charge in [0.2, 0.25) is 0 Å². The van der Waals surface area contributed by atoms with Gasteiger partial charge in [-0.1, -0.05) is 41.9 Å². The lowest BCUT2D eigenvalue weighted by atomic mass is 10.0. The van der Waals surface area contributed by atoms with Crippen molar-refractivity contribution < 1.29 is 9.53 Å².